The zero-order valence-corrected chi connectivity index (χ0v) is 9.99. The lowest BCUT2D eigenvalue weighted by Gasteiger charge is -2.08. The quantitative estimate of drug-likeness (QED) is 0.769. The van der Waals surface area contributed by atoms with Crippen LogP contribution in [0, 0.1) is 0 Å². The van der Waals surface area contributed by atoms with Crippen molar-refractivity contribution in [3.63, 3.8) is 0 Å². The lowest BCUT2D eigenvalue weighted by Crippen LogP contribution is -2.33. The van der Waals surface area contributed by atoms with Crippen LogP contribution in [0.2, 0.25) is 0 Å². The molecule has 0 aliphatic rings. The lowest BCUT2D eigenvalue weighted by molar-refractivity contribution is -0.122. The Balaban J connectivity index is 2.93. The van der Waals surface area contributed by atoms with E-state index in [1.807, 2.05) is 37.3 Å². The molecule has 2 amide bonds. The van der Waals surface area contributed by atoms with Gasteiger partial charge in [0.1, 0.15) is 5.70 Å². The molecule has 0 radical (unpaired) electrons. The Kier molecular flexibility index (Phi) is 4.94. The largest absolute Gasteiger partial charge is 0.351 e. The van der Waals surface area contributed by atoms with Gasteiger partial charge in [0, 0.05) is 13.5 Å². The summed E-state index contributed by atoms with van der Waals surface area (Å²) in [5.74, 6) is -0.551. The van der Waals surface area contributed by atoms with Crippen molar-refractivity contribution < 1.29 is 9.59 Å². The fourth-order valence-corrected chi connectivity index (χ4v) is 1.32. The molecule has 4 nitrogen and oxygen atoms in total. The maximum Gasteiger partial charge on any atom is 0.267 e. The zero-order chi connectivity index (χ0) is 12.7. The van der Waals surface area contributed by atoms with E-state index < -0.39 is 0 Å². The molecule has 0 aliphatic heterocycles. The SMILES string of the molecule is CCNC(=O)/C(=C/c1ccccc1)NC(C)=O. The van der Waals surface area contributed by atoms with Crippen LogP contribution in [0.4, 0.5) is 0 Å². The average molecular weight is 232 g/mol. The van der Waals surface area contributed by atoms with Gasteiger partial charge in [-0.2, -0.15) is 0 Å². The van der Waals surface area contributed by atoms with Gasteiger partial charge in [-0.1, -0.05) is 30.3 Å². The van der Waals surface area contributed by atoms with E-state index in [2.05, 4.69) is 10.6 Å². The summed E-state index contributed by atoms with van der Waals surface area (Å²) in [6.45, 7) is 3.72. The maximum atomic E-state index is 11.7. The predicted octanol–water partition coefficient (Wildman–Crippen LogP) is 1.30. The molecule has 0 bridgehead atoms. The number of rotatable bonds is 4. The Morgan fingerprint density at radius 2 is 1.88 bits per heavy atom. The summed E-state index contributed by atoms with van der Waals surface area (Å²) in [5, 5.41) is 5.17. The van der Waals surface area contributed by atoms with E-state index in [-0.39, 0.29) is 17.5 Å². The summed E-state index contributed by atoms with van der Waals surface area (Å²) < 4.78 is 0. The highest BCUT2D eigenvalue weighted by atomic mass is 16.2. The molecule has 0 fully saturated rings. The zero-order valence-electron chi connectivity index (χ0n) is 9.99. The minimum absolute atomic E-state index is 0.255. The normalized spacial score (nSPS) is 10.8. The Morgan fingerprint density at radius 1 is 1.24 bits per heavy atom. The van der Waals surface area contributed by atoms with E-state index in [4.69, 9.17) is 0 Å². The van der Waals surface area contributed by atoms with Crippen LogP contribution in [0.5, 0.6) is 0 Å². The van der Waals surface area contributed by atoms with Gasteiger partial charge in [-0.3, -0.25) is 9.59 Å². The number of benzene rings is 1. The fraction of sp³-hybridized carbons (Fsp3) is 0.231. The molecule has 1 aromatic carbocycles. The molecule has 1 aromatic rings. The highest BCUT2D eigenvalue weighted by Gasteiger charge is 2.09. The average Bonchev–Trinajstić information content (AvgIpc) is 2.29. The first-order valence-corrected chi connectivity index (χ1v) is 5.46. The Morgan fingerprint density at radius 3 is 2.41 bits per heavy atom. The highest BCUT2D eigenvalue weighted by molar-refractivity contribution is 6.00. The monoisotopic (exact) mass is 232 g/mol. The van der Waals surface area contributed by atoms with Crippen molar-refractivity contribution in [2.24, 2.45) is 0 Å². The molecule has 0 aromatic heterocycles. The van der Waals surface area contributed by atoms with Crippen LogP contribution in [0.15, 0.2) is 36.0 Å². The van der Waals surface area contributed by atoms with Crippen LogP contribution in [-0.4, -0.2) is 18.4 Å². The molecule has 1 rings (SSSR count). The summed E-state index contributed by atoms with van der Waals surface area (Å²) in [7, 11) is 0. The first-order valence-electron chi connectivity index (χ1n) is 5.46. The Hall–Kier alpha value is -2.10. The smallest absolute Gasteiger partial charge is 0.267 e. The second-order valence-corrected chi connectivity index (χ2v) is 3.51. The molecule has 0 heterocycles. The van der Waals surface area contributed by atoms with Crippen LogP contribution in [-0.2, 0) is 9.59 Å². The van der Waals surface area contributed by atoms with Crippen LogP contribution in [0.25, 0.3) is 6.08 Å². The van der Waals surface area contributed by atoms with Gasteiger partial charge in [0.05, 0.1) is 0 Å². The first-order chi connectivity index (χ1) is 8.13. The Bertz CT molecular complexity index is 424. The van der Waals surface area contributed by atoms with Crippen LogP contribution >= 0.6 is 0 Å². The molecule has 0 unspecified atom stereocenters. The molecule has 0 saturated carbocycles. The summed E-state index contributed by atoms with van der Waals surface area (Å²) in [6, 6.07) is 9.35. The lowest BCUT2D eigenvalue weighted by atomic mass is 10.2. The summed E-state index contributed by atoms with van der Waals surface area (Å²) in [4.78, 5) is 22.7. The third-order valence-corrected chi connectivity index (χ3v) is 2.00. The van der Waals surface area contributed by atoms with Crippen molar-refractivity contribution in [1.82, 2.24) is 10.6 Å². The van der Waals surface area contributed by atoms with Crippen molar-refractivity contribution in [3.05, 3.63) is 41.6 Å². The van der Waals surface area contributed by atoms with Crippen molar-refractivity contribution in [2.45, 2.75) is 13.8 Å². The van der Waals surface area contributed by atoms with Crippen LogP contribution in [0.3, 0.4) is 0 Å². The van der Waals surface area contributed by atoms with Crippen molar-refractivity contribution in [2.75, 3.05) is 6.54 Å². The van der Waals surface area contributed by atoms with E-state index in [0.29, 0.717) is 6.54 Å². The molecular weight excluding hydrogens is 216 g/mol. The maximum absolute atomic E-state index is 11.7. The van der Waals surface area contributed by atoms with Gasteiger partial charge in [-0.15, -0.1) is 0 Å². The minimum Gasteiger partial charge on any atom is -0.351 e. The number of hydrogen-bond acceptors (Lipinski definition) is 2. The molecule has 4 heteroatoms. The first kappa shape index (κ1) is 13.0. The van der Waals surface area contributed by atoms with E-state index in [1.54, 1.807) is 6.08 Å². The predicted molar refractivity (Wildman–Crippen MR) is 66.9 cm³/mol. The number of likely N-dealkylation sites (N-methyl/N-ethyl adjacent to an activating group) is 1. The van der Waals surface area contributed by atoms with Crippen LogP contribution in [0.1, 0.15) is 19.4 Å². The van der Waals surface area contributed by atoms with Gasteiger partial charge in [0.25, 0.3) is 5.91 Å². The number of hydrogen-bond donors (Lipinski definition) is 2. The molecular formula is C13H16N2O2. The van der Waals surface area contributed by atoms with Crippen molar-refractivity contribution in [3.8, 4) is 0 Å². The van der Waals surface area contributed by atoms with Gasteiger partial charge >= 0.3 is 0 Å². The second-order valence-electron chi connectivity index (χ2n) is 3.51. The molecule has 90 valence electrons. The molecule has 0 saturated heterocycles. The number of nitrogens with one attached hydrogen (secondary N) is 2. The number of amides is 2. The second kappa shape index (κ2) is 6.48. The van der Waals surface area contributed by atoms with Gasteiger partial charge in [-0.25, -0.2) is 0 Å². The van der Waals surface area contributed by atoms with E-state index in [9.17, 15) is 9.59 Å². The summed E-state index contributed by atoms with van der Waals surface area (Å²) in [6.07, 6.45) is 1.65. The van der Waals surface area contributed by atoms with Crippen LogP contribution < -0.4 is 10.6 Å². The van der Waals surface area contributed by atoms with Gasteiger partial charge in [-0.05, 0) is 18.6 Å². The van der Waals surface area contributed by atoms with Gasteiger partial charge in [0.2, 0.25) is 5.91 Å². The van der Waals surface area contributed by atoms with E-state index in [0.717, 1.165) is 5.56 Å². The summed E-state index contributed by atoms with van der Waals surface area (Å²) in [5.41, 5.74) is 1.12. The standard InChI is InChI=1S/C13H16N2O2/c1-3-14-13(17)12(15-10(2)16)9-11-7-5-4-6-8-11/h4-9H,3H2,1-2H3,(H,14,17)(H,15,16)/b12-9-. The fourth-order valence-electron chi connectivity index (χ4n) is 1.32. The third-order valence-electron chi connectivity index (χ3n) is 2.00. The Labute approximate surface area is 101 Å². The summed E-state index contributed by atoms with van der Waals surface area (Å²) >= 11 is 0. The highest BCUT2D eigenvalue weighted by Crippen LogP contribution is 2.04. The topological polar surface area (TPSA) is 58.2 Å². The number of carbonyl (C=O) groups excluding carboxylic acids is 2. The van der Waals surface area contributed by atoms with E-state index in [1.165, 1.54) is 6.92 Å². The van der Waals surface area contributed by atoms with Gasteiger partial charge < -0.3 is 10.6 Å². The minimum atomic E-state index is -0.286. The molecule has 17 heavy (non-hydrogen) atoms. The van der Waals surface area contributed by atoms with Crippen molar-refractivity contribution in [1.29, 1.82) is 0 Å². The molecule has 0 spiro atoms. The number of carbonyl (C=O) groups is 2. The molecule has 0 atom stereocenters. The molecule has 0 aliphatic carbocycles. The van der Waals surface area contributed by atoms with Crippen molar-refractivity contribution >= 4 is 17.9 Å². The molecule has 2 N–H and O–H groups in total. The third kappa shape index (κ3) is 4.51. The van der Waals surface area contributed by atoms with E-state index >= 15 is 0 Å². The van der Waals surface area contributed by atoms with Gasteiger partial charge in [0.15, 0.2) is 0 Å².